The molecule has 0 aromatic heterocycles. The molecule has 35 heavy (non-hydrogen) atoms. The summed E-state index contributed by atoms with van der Waals surface area (Å²) in [6.45, 7) is 5.80. The molecule has 0 radical (unpaired) electrons. The van der Waals surface area contributed by atoms with Crippen LogP contribution in [0.1, 0.15) is 26.3 Å². The Morgan fingerprint density at radius 1 is 1.09 bits per heavy atom. The Morgan fingerprint density at radius 3 is 2.31 bits per heavy atom. The summed E-state index contributed by atoms with van der Waals surface area (Å²) in [4.78, 5) is 27.8. The van der Waals surface area contributed by atoms with E-state index >= 15 is 0 Å². The van der Waals surface area contributed by atoms with Gasteiger partial charge in [-0.15, -0.1) is 0 Å². The van der Waals surface area contributed by atoms with Gasteiger partial charge in [0.2, 0.25) is 21.8 Å². The molecule has 0 aliphatic carbocycles. The zero-order valence-corrected chi connectivity index (χ0v) is 22.4. The Labute approximate surface area is 213 Å². The van der Waals surface area contributed by atoms with Crippen molar-refractivity contribution in [1.82, 2.24) is 10.2 Å². The van der Waals surface area contributed by atoms with Crippen LogP contribution in [0, 0.1) is 5.92 Å². The molecule has 0 aliphatic rings. The third kappa shape index (κ3) is 8.43. The third-order valence-electron chi connectivity index (χ3n) is 5.42. The van der Waals surface area contributed by atoms with Crippen LogP contribution in [0.2, 0.25) is 5.02 Å². The number of methoxy groups -OCH3 is 1. The van der Waals surface area contributed by atoms with Crippen LogP contribution in [0.3, 0.4) is 0 Å². The molecule has 0 aliphatic heterocycles. The van der Waals surface area contributed by atoms with Crippen molar-refractivity contribution >= 4 is 39.1 Å². The van der Waals surface area contributed by atoms with Gasteiger partial charge in [-0.05, 0) is 43.0 Å². The van der Waals surface area contributed by atoms with Crippen LogP contribution in [0.5, 0.6) is 5.75 Å². The molecule has 1 atom stereocenters. The lowest BCUT2D eigenvalue weighted by Crippen LogP contribution is -2.52. The fourth-order valence-corrected chi connectivity index (χ4v) is 4.49. The zero-order chi connectivity index (χ0) is 26.2. The lowest BCUT2D eigenvalue weighted by molar-refractivity contribution is -0.138. The van der Waals surface area contributed by atoms with Gasteiger partial charge in [-0.25, -0.2) is 8.42 Å². The average Bonchev–Trinajstić information content (AvgIpc) is 2.80. The zero-order valence-electron chi connectivity index (χ0n) is 20.8. The van der Waals surface area contributed by atoms with Crippen LogP contribution in [0.25, 0.3) is 0 Å². The molecule has 0 bridgehead atoms. The first kappa shape index (κ1) is 28.5. The minimum atomic E-state index is -3.88. The summed E-state index contributed by atoms with van der Waals surface area (Å²) in [5.41, 5.74) is 1.15. The molecule has 0 heterocycles. The summed E-state index contributed by atoms with van der Waals surface area (Å²) in [6.07, 6.45) is 1.52. The van der Waals surface area contributed by atoms with Gasteiger partial charge in [-0.2, -0.15) is 0 Å². The van der Waals surface area contributed by atoms with Crippen molar-refractivity contribution in [3.05, 3.63) is 59.1 Å². The number of halogens is 1. The fraction of sp³-hybridized carbons (Fsp3) is 0.440. The highest BCUT2D eigenvalue weighted by Gasteiger charge is 2.31. The van der Waals surface area contributed by atoms with Crippen LogP contribution in [0.15, 0.2) is 48.5 Å². The number of carbonyl (C=O) groups is 2. The van der Waals surface area contributed by atoms with E-state index in [-0.39, 0.29) is 29.8 Å². The largest absolute Gasteiger partial charge is 0.495 e. The van der Waals surface area contributed by atoms with Crippen molar-refractivity contribution in [2.75, 3.05) is 37.3 Å². The van der Waals surface area contributed by atoms with E-state index in [4.69, 9.17) is 16.3 Å². The summed E-state index contributed by atoms with van der Waals surface area (Å²) >= 11 is 6.11. The van der Waals surface area contributed by atoms with Gasteiger partial charge >= 0.3 is 0 Å². The lowest BCUT2D eigenvalue weighted by atomic mass is 10.1. The van der Waals surface area contributed by atoms with Crippen LogP contribution in [-0.4, -0.2) is 64.2 Å². The van der Waals surface area contributed by atoms with Gasteiger partial charge in [0.25, 0.3) is 0 Å². The summed E-state index contributed by atoms with van der Waals surface area (Å²) in [5, 5.41) is 3.15. The Kier molecular flexibility index (Phi) is 10.4. The van der Waals surface area contributed by atoms with Crippen LogP contribution in [0.4, 0.5) is 5.69 Å². The molecule has 0 fully saturated rings. The summed E-state index contributed by atoms with van der Waals surface area (Å²) in [5.74, 6) is -0.311. The quantitative estimate of drug-likeness (QED) is 0.460. The van der Waals surface area contributed by atoms with Gasteiger partial charge in [0.15, 0.2) is 0 Å². The number of anilines is 1. The highest BCUT2D eigenvalue weighted by molar-refractivity contribution is 7.92. The molecular formula is C25H34ClN3O5S. The van der Waals surface area contributed by atoms with E-state index in [0.717, 1.165) is 16.1 Å². The molecule has 8 nitrogen and oxygen atoms in total. The van der Waals surface area contributed by atoms with Gasteiger partial charge in [-0.3, -0.25) is 13.9 Å². The van der Waals surface area contributed by atoms with Crippen molar-refractivity contribution in [2.24, 2.45) is 5.92 Å². The molecule has 2 aromatic rings. The number of nitrogens with one attached hydrogen (secondary N) is 1. The van der Waals surface area contributed by atoms with Gasteiger partial charge in [0, 0.05) is 18.1 Å². The maximum Gasteiger partial charge on any atom is 0.244 e. The molecule has 0 saturated carbocycles. The van der Waals surface area contributed by atoms with E-state index in [0.29, 0.717) is 18.0 Å². The second kappa shape index (κ2) is 12.8. The molecule has 2 rings (SSSR count). The minimum absolute atomic E-state index is 0.149. The number of nitrogens with zero attached hydrogens (tertiary/aromatic N) is 2. The smallest absolute Gasteiger partial charge is 0.244 e. The van der Waals surface area contributed by atoms with Crippen molar-refractivity contribution in [2.45, 2.75) is 33.2 Å². The predicted octanol–water partition coefficient (Wildman–Crippen LogP) is 3.35. The number of hydrogen-bond acceptors (Lipinski definition) is 5. The second-order valence-corrected chi connectivity index (χ2v) is 11.1. The molecule has 2 aromatic carbocycles. The molecule has 0 saturated heterocycles. The molecule has 0 spiro atoms. The number of rotatable bonds is 12. The van der Waals surface area contributed by atoms with E-state index in [1.165, 1.54) is 24.1 Å². The number of amides is 2. The Morgan fingerprint density at radius 2 is 1.74 bits per heavy atom. The maximum atomic E-state index is 13.5. The van der Waals surface area contributed by atoms with Gasteiger partial charge in [0.1, 0.15) is 18.3 Å². The van der Waals surface area contributed by atoms with Gasteiger partial charge in [0.05, 0.1) is 19.1 Å². The van der Waals surface area contributed by atoms with E-state index < -0.39 is 28.5 Å². The van der Waals surface area contributed by atoms with Crippen LogP contribution >= 0.6 is 11.6 Å². The minimum Gasteiger partial charge on any atom is -0.495 e. The first-order chi connectivity index (χ1) is 16.4. The van der Waals surface area contributed by atoms with Gasteiger partial charge in [-0.1, -0.05) is 55.8 Å². The van der Waals surface area contributed by atoms with E-state index in [1.807, 2.05) is 44.2 Å². The topological polar surface area (TPSA) is 96.0 Å². The first-order valence-electron chi connectivity index (χ1n) is 11.4. The number of ether oxygens (including phenoxy) is 1. The average molecular weight is 524 g/mol. The van der Waals surface area contributed by atoms with E-state index in [9.17, 15) is 18.0 Å². The number of benzene rings is 2. The second-order valence-electron chi connectivity index (χ2n) is 8.72. The summed E-state index contributed by atoms with van der Waals surface area (Å²) < 4.78 is 31.7. The molecule has 1 N–H and O–H groups in total. The van der Waals surface area contributed by atoms with Crippen LogP contribution < -0.4 is 14.4 Å². The lowest BCUT2D eigenvalue weighted by Gasteiger charge is -2.32. The SMILES string of the molecule is COc1ccc(Cl)cc1N(CC(=O)N(CCc1ccccc1)C(C)C(=O)NCC(C)C)S(C)(=O)=O. The summed E-state index contributed by atoms with van der Waals surface area (Å²) in [7, 11) is -2.48. The first-order valence-corrected chi connectivity index (χ1v) is 13.6. The Bertz CT molecular complexity index is 1110. The number of hydrogen-bond donors (Lipinski definition) is 1. The number of carbonyl (C=O) groups excluding carboxylic acids is 2. The standard InChI is InChI=1S/C25H34ClN3O5S/c1-18(2)16-27-25(31)19(3)28(14-13-20-9-7-6-8-10-20)24(30)17-29(35(5,32)33)22-15-21(26)11-12-23(22)34-4/h6-12,15,18-19H,13-14,16-17H2,1-5H3,(H,27,31). The normalized spacial score (nSPS) is 12.2. The summed E-state index contributed by atoms with van der Waals surface area (Å²) in [6, 6.07) is 13.3. The number of sulfonamides is 1. The van der Waals surface area contributed by atoms with Crippen molar-refractivity contribution in [3.8, 4) is 5.75 Å². The Hall–Kier alpha value is -2.78. The van der Waals surface area contributed by atoms with Crippen molar-refractivity contribution in [3.63, 3.8) is 0 Å². The molecule has 1 unspecified atom stereocenters. The van der Waals surface area contributed by atoms with Crippen LogP contribution in [-0.2, 0) is 26.0 Å². The highest BCUT2D eigenvalue weighted by Crippen LogP contribution is 2.32. The molecule has 192 valence electrons. The maximum absolute atomic E-state index is 13.5. The molecular weight excluding hydrogens is 490 g/mol. The third-order valence-corrected chi connectivity index (χ3v) is 6.79. The van der Waals surface area contributed by atoms with Crippen molar-refractivity contribution in [1.29, 1.82) is 0 Å². The van der Waals surface area contributed by atoms with Crippen molar-refractivity contribution < 1.29 is 22.7 Å². The molecule has 2 amide bonds. The molecule has 10 heteroatoms. The Balaban J connectivity index is 2.36. The fourth-order valence-electron chi connectivity index (χ4n) is 3.48. The monoisotopic (exact) mass is 523 g/mol. The highest BCUT2D eigenvalue weighted by atomic mass is 35.5. The predicted molar refractivity (Wildman–Crippen MR) is 139 cm³/mol. The van der Waals surface area contributed by atoms with E-state index in [2.05, 4.69) is 5.32 Å². The van der Waals surface area contributed by atoms with E-state index in [1.54, 1.807) is 13.0 Å². The van der Waals surface area contributed by atoms with Gasteiger partial charge < -0.3 is 15.0 Å².